The van der Waals surface area contributed by atoms with Crippen molar-refractivity contribution in [2.45, 2.75) is 27.3 Å². The Labute approximate surface area is 116 Å². The first-order valence-electron chi connectivity index (χ1n) is 5.86. The van der Waals surface area contributed by atoms with Crippen molar-refractivity contribution in [3.8, 4) is 5.75 Å². The molecule has 0 saturated carbocycles. The number of hydrogen-bond acceptors (Lipinski definition) is 2. The zero-order chi connectivity index (χ0) is 13.3. The molecule has 0 aliphatic heterocycles. The molecule has 0 bridgehead atoms. The molecule has 0 saturated heterocycles. The van der Waals surface area contributed by atoms with Crippen molar-refractivity contribution in [3.05, 3.63) is 45.2 Å². The highest BCUT2D eigenvalue weighted by atomic mass is 79.9. The van der Waals surface area contributed by atoms with E-state index in [4.69, 9.17) is 4.74 Å². The maximum atomic E-state index is 5.26. The minimum atomic E-state index is 0.748. The first-order valence-corrected chi connectivity index (χ1v) is 6.65. The van der Waals surface area contributed by atoms with Crippen LogP contribution in [0.4, 0.5) is 0 Å². The second-order valence-electron chi connectivity index (χ2n) is 4.41. The smallest absolute Gasteiger partial charge is 0.119 e. The summed E-state index contributed by atoms with van der Waals surface area (Å²) >= 11 is 3.57. The van der Waals surface area contributed by atoms with Gasteiger partial charge in [-0.3, -0.25) is 4.68 Å². The Morgan fingerprint density at radius 3 is 2.56 bits per heavy atom. The van der Waals surface area contributed by atoms with Crippen LogP contribution in [0.15, 0.2) is 22.7 Å². The van der Waals surface area contributed by atoms with Crippen LogP contribution in [0, 0.1) is 20.8 Å². The summed E-state index contributed by atoms with van der Waals surface area (Å²) in [6, 6.07) is 5.99. The van der Waals surface area contributed by atoms with Crippen LogP contribution >= 0.6 is 15.9 Å². The lowest BCUT2D eigenvalue weighted by atomic mass is 10.2. The molecule has 96 valence electrons. The molecule has 0 amide bonds. The molecule has 0 fully saturated rings. The van der Waals surface area contributed by atoms with Crippen LogP contribution in [0.3, 0.4) is 0 Å². The van der Waals surface area contributed by atoms with Crippen molar-refractivity contribution >= 4 is 15.9 Å². The van der Waals surface area contributed by atoms with Gasteiger partial charge in [0.25, 0.3) is 0 Å². The Kier molecular flexibility index (Phi) is 3.76. The van der Waals surface area contributed by atoms with E-state index in [1.807, 2.05) is 29.8 Å². The quantitative estimate of drug-likeness (QED) is 0.866. The van der Waals surface area contributed by atoms with E-state index >= 15 is 0 Å². The molecule has 2 rings (SSSR count). The largest absolute Gasteiger partial charge is 0.497 e. The molecule has 0 N–H and O–H groups in total. The molecule has 1 heterocycles. The van der Waals surface area contributed by atoms with Gasteiger partial charge < -0.3 is 4.74 Å². The summed E-state index contributed by atoms with van der Waals surface area (Å²) in [5.41, 5.74) is 4.72. The van der Waals surface area contributed by atoms with Crippen LogP contribution < -0.4 is 4.74 Å². The zero-order valence-electron chi connectivity index (χ0n) is 11.1. The molecule has 4 heteroatoms. The summed E-state index contributed by atoms with van der Waals surface area (Å²) in [5, 5.41) is 4.56. The summed E-state index contributed by atoms with van der Waals surface area (Å²) < 4.78 is 8.37. The van der Waals surface area contributed by atoms with Crippen LogP contribution in [0.5, 0.6) is 5.75 Å². The highest BCUT2D eigenvalue weighted by Gasteiger charge is 2.09. The molecule has 18 heavy (non-hydrogen) atoms. The second-order valence-corrected chi connectivity index (χ2v) is 5.27. The lowest BCUT2D eigenvalue weighted by Crippen LogP contribution is -2.05. The highest BCUT2D eigenvalue weighted by molar-refractivity contribution is 9.10. The van der Waals surface area contributed by atoms with E-state index in [1.54, 1.807) is 7.11 Å². The van der Waals surface area contributed by atoms with Gasteiger partial charge in [-0.2, -0.15) is 5.10 Å². The van der Waals surface area contributed by atoms with Gasteiger partial charge in [-0.05, 0) is 50.1 Å². The van der Waals surface area contributed by atoms with E-state index in [0.29, 0.717) is 0 Å². The van der Waals surface area contributed by atoms with Crippen LogP contribution in [0.25, 0.3) is 0 Å². The lowest BCUT2D eigenvalue weighted by molar-refractivity contribution is 0.414. The molecule has 0 atom stereocenters. The maximum absolute atomic E-state index is 5.26. The number of nitrogens with zero attached hydrogens (tertiary/aromatic N) is 2. The van der Waals surface area contributed by atoms with Gasteiger partial charge >= 0.3 is 0 Å². The Morgan fingerprint density at radius 1 is 1.28 bits per heavy atom. The van der Waals surface area contributed by atoms with Crippen molar-refractivity contribution in [1.29, 1.82) is 0 Å². The third-order valence-electron chi connectivity index (χ3n) is 3.32. The molecule has 0 spiro atoms. The molecule has 0 unspecified atom stereocenters. The van der Waals surface area contributed by atoms with Gasteiger partial charge in [0.2, 0.25) is 0 Å². The number of aromatic nitrogens is 2. The maximum Gasteiger partial charge on any atom is 0.119 e. The van der Waals surface area contributed by atoms with E-state index in [9.17, 15) is 0 Å². The normalized spacial score (nSPS) is 10.7. The molecular formula is C14H17BrN2O. The Morgan fingerprint density at radius 2 is 2.00 bits per heavy atom. The fourth-order valence-corrected chi connectivity index (χ4v) is 2.27. The molecule has 3 nitrogen and oxygen atoms in total. The molecule has 0 aliphatic carbocycles. The number of aryl methyl sites for hydroxylation is 1. The number of halogens is 1. The molecule has 0 radical (unpaired) electrons. The summed E-state index contributed by atoms with van der Waals surface area (Å²) in [6.07, 6.45) is 0. The van der Waals surface area contributed by atoms with E-state index in [0.717, 1.165) is 22.5 Å². The summed E-state index contributed by atoms with van der Waals surface area (Å²) in [7, 11) is 1.68. The number of rotatable bonds is 3. The number of methoxy groups -OCH3 is 1. The van der Waals surface area contributed by atoms with Crippen molar-refractivity contribution in [3.63, 3.8) is 0 Å². The Bertz CT molecular complexity index is 575. The van der Waals surface area contributed by atoms with Gasteiger partial charge in [0, 0.05) is 10.2 Å². The minimum Gasteiger partial charge on any atom is -0.497 e. The van der Waals surface area contributed by atoms with E-state index in [2.05, 4.69) is 34.9 Å². The van der Waals surface area contributed by atoms with Gasteiger partial charge in [0.1, 0.15) is 5.75 Å². The van der Waals surface area contributed by atoms with Gasteiger partial charge in [-0.15, -0.1) is 0 Å². The average molecular weight is 309 g/mol. The number of ether oxygens (including phenoxy) is 1. The van der Waals surface area contributed by atoms with Crippen LogP contribution in [-0.2, 0) is 6.54 Å². The van der Waals surface area contributed by atoms with Gasteiger partial charge in [-0.1, -0.05) is 15.9 Å². The minimum absolute atomic E-state index is 0.748. The topological polar surface area (TPSA) is 27.1 Å². The summed E-state index contributed by atoms with van der Waals surface area (Å²) in [4.78, 5) is 0. The van der Waals surface area contributed by atoms with Crippen LogP contribution in [0.2, 0.25) is 0 Å². The van der Waals surface area contributed by atoms with E-state index < -0.39 is 0 Å². The molecule has 1 aromatic carbocycles. The fourth-order valence-electron chi connectivity index (χ4n) is 1.90. The molecule has 0 aliphatic rings. The molecule has 1 aromatic heterocycles. The molecular weight excluding hydrogens is 292 g/mol. The lowest BCUT2D eigenvalue weighted by Gasteiger charge is -2.09. The van der Waals surface area contributed by atoms with Crippen molar-refractivity contribution < 1.29 is 4.74 Å². The van der Waals surface area contributed by atoms with Crippen LogP contribution in [-0.4, -0.2) is 16.9 Å². The number of hydrogen-bond donors (Lipinski definition) is 0. The van der Waals surface area contributed by atoms with Crippen LogP contribution in [0.1, 0.15) is 22.5 Å². The van der Waals surface area contributed by atoms with E-state index in [1.165, 1.54) is 16.8 Å². The fraction of sp³-hybridized carbons (Fsp3) is 0.357. The Balaban J connectivity index is 2.36. The summed E-state index contributed by atoms with van der Waals surface area (Å²) in [6.45, 7) is 7.00. The predicted molar refractivity (Wildman–Crippen MR) is 76.2 cm³/mol. The first kappa shape index (κ1) is 13.1. The van der Waals surface area contributed by atoms with E-state index in [-0.39, 0.29) is 0 Å². The Hall–Kier alpha value is -1.29. The van der Waals surface area contributed by atoms with Gasteiger partial charge in [0.15, 0.2) is 0 Å². The standard InChI is InChI=1S/C14H17BrN2O/c1-9-10(2)16-17(11(9)3)8-12-7-13(18-4)5-6-14(12)15/h5-7H,8H2,1-4H3. The second kappa shape index (κ2) is 5.14. The third kappa shape index (κ3) is 2.43. The molecule has 2 aromatic rings. The van der Waals surface area contributed by atoms with Crippen molar-refractivity contribution in [1.82, 2.24) is 9.78 Å². The monoisotopic (exact) mass is 308 g/mol. The SMILES string of the molecule is COc1ccc(Br)c(Cn2nc(C)c(C)c2C)c1. The number of benzene rings is 1. The predicted octanol–water partition coefficient (Wildman–Crippen LogP) is 3.63. The van der Waals surface area contributed by atoms with Crippen molar-refractivity contribution in [2.24, 2.45) is 0 Å². The van der Waals surface area contributed by atoms with Gasteiger partial charge in [-0.25, -0.2) is 0 Å². The zero-order valence-corrected chi connectivity index (χ0v) is 12.7. The van der Waals surface area contributed by atoms with Gasteiger partial charge in [0.05, 0.1) is 19.3 Å². The average Bonchev–Trinajstić information content (AvgIpc) is 2.60. The van der Waals surface area contributed by atoms with Crippen molar-refractivity contribution in [2.75, 3.05) is 7.11 Å². The highest BCUT2D eigenvalue weighted by Crippen LogP contribution is 2.24. The third-order valence-corrected chi connectivity index (χ3v) is 4.09. The first-order chi connectivity index (χ1) is 8.52. The summed E-state index contributed by atoms with van der Waals surface area (Å²) in [5.74, 6) is 0.867.